The molecule has 6 unspecified atom stereocenters. The molecule has 1 saturated carbocycles. The van der Waals surface area contributed by atoms with E-state index in [2.05, 4.69) is 48.5 Å². The second-order valence-corrected chi connectivity index (χ2v) is 8.47. The second kappa shape index (κ2) is 4.96. The third kappa shape index (κ3) is 1.56. The Morgan fingerprint density at radius 2 is 2.12 bits per heavy atom. The number of fused-ring (bicyclic) bond motifs is 3. The monoisotopic (exact) mass is 328 g/mol. The topological polar surface area (TPSA) is 55.7 Å². The summed E-state index contributed by atoms with van der Waals surface area (Å²) in [5, 5.41) is 25.3. The molecule has 4 nitrogen and oxygen atoms in total. The fraction of sp³-hybridized carbons (Fsp3) is 0.700. The largest absolute Gasteiger partial charge is 0.396 e. The molecule has 1 spiro atoms. The highest BCUT2D eigenvalue weighted by Crippen LogP contribution is 2.63. The Kier molecular flexibility index (Phi) is 3.14. The molecule has 5 rings (SSSR count). The van der Waals surface area contributed by atoms with Crippen molar-refractivity contribution in [2.75, 3.05) is 18.6 Å². The van der Waals surface area contributed by atoms with Gasteiger partial charge in [0.2, 0.25) is 0 Å². The van der Waals surface area contributed by atoms with Crippen molar-refractivity contribution in [3.8, 4) is 0 Å². The number of rotatable bonds is 3. The van der Waals surface area contributed by atoms with Crippen molar-refractivity contribution in [2.24, 2.45) is 17.8 Å². The van der Waals surface area contributed by atoms with Crippen LogP contribution in [0, 0.1) is 17.8 Å². The molecular weight excluding hydrogens is 300 g/mol. The van der Waals surface area contributed by atoms with E-state index in [9.17, 15) is 10.2 Å². The molecule has 3 aliphatic heterocycles. The molecule has 8 atom stereocenters. The van der Waals surface area contributed by atoms with Gasteiger partial charge >= 0.3 is 0 Å². The maximum Gasteiger partial charge on any atom is 0.0704 e. The molecule has 1 aromatic carbocycles. The van der Waals surface area contributed by atoms with Gasteiger partial charge in [-0.3, -0.25) is 0 Å². The van der Waals surface area contributed by atoms with Gasteiger partial charge in [-0.25, -0.2) is 0 Å². The maximum absolute atomic E-state index is 11.6. The van der Waals surface area contributed by atoms with E-state index in [1.165, 1.54) is 11.3 Å². The molecular formula is C20H28N2O2. The molecule has 2 saturated heterocycles. The summed E-state index contributed by atoms with van der Waals surface area (Å²) >= 11 is 0. The van der Waals surface area contributed by atoms with Gasteiger partial charge in [-0.1, -0.05) is 31.5 Å². The summed E-state index contributed by atoms with van der Waals surface area (Å²) in [6, 6.07) is 9.78. The first-order valence-corrected chi connectivity index (χ1v) is 9.50. The Balaban J connectivity index is 1.66. The van der Waals surface area contributed by atoms with Crippen LogP contribution in [-0.4, -0.2) is 48.1 Å². The van der Waals surface area contributed by atoms with Crippen molar-refractivity contribution in [3.05, 3.63) is 29.8 Å². The lowest BCUT2D eigenvalue weighted by atomic mass is 9.68. The minimum Gasteiger partial charge on any atom is -0.396 e. The number of anilines is 1. The smallest absolute Gasteiger partial charge is 0.0704 e. The standard InChI is InChI=1S/C20H28N2O2/c1-3-11(10-23)12-8-14-18-20(9-15(21-14)17(12)19(20)24)13-6-4-5-7-16(13)22(18)2/h4-7,11-12,14-15,17-19,21,23-24H,3,8-10H2,1-2H3/t11-,12?,14?,15?,17?,18-,19?,20?/m0/s1. The van der Waals surface area contributed by atoms with Crippen LogP contribution in [0.2, 0.25) is 0 Å². The lowest BCUT2D eigenvalue weighted by Gasteiger charge is -2.49. The maximum atomic E-state index is 11.6. The predicted octanol–water partition coefficient (Wildman–Crippen LogP) is 1.50. The summed E-state index contributed by atoms with van der Waals surface area (Å²) in [5.41, 5.74) is 2.52. The Hall–Kier alpha value is -1.10. The third-order valence-electron chi connectivity index (χ3n) is 7.84. The number of hydrogen-bond donors (Lipinski definition) is 3. The molecule has 130 valence electrons. The number of benzene rings is 1. The van der Waals surface area contributed by atoms with Gasteiger partial charge in [0.25, 0.3) is 0 Å². The van der Waals surface area contributed by atoms with Crippen LogP contribution in [0.25, 0.3) is 0 Å². The van der Waals surface area contributed by atoms with Crippen molar-refractivity contribution < 1.29 is 10.2 Å². The Bertz CT molecular complexity index is 661. The zero-order valence-corrected chi connectivity index (χ0v) is 14.5. The van der Waals surface area contributed by atoms with E-state index >= 15 is 0 Å². The predicted molar refractivity (Wildman–Crippen MR) is 94.1 cm³/mol. The number of para-hydroxylation sites is 1. The summed E-state index contributed by atoms with van der Waals surface area (Å²) in [5.74, 6) is 1.01. The molecule has 3 bridgehead atoms. The van der Waals surface area contributed by atoms with E-state index in [4.69, 9.17) is 0 Å². The molecule has 0 radical (unpaired) electrons. The van der Waals surface area contributed by atoms with Crippen LogP contribution < -0.4 is 10.2 Å². The molecule has 24 heavy (non-hydrogen) atoms. The Morgan fingerprint density at radius 1 is 1.33 bits per heavy atom. The number of piperidine rings is 2. The highest BCUT2D eigenvalue weighted by Gasteiger charge is 2.70. The third-order valence-corrected chi connectivity index (χ3v) is 7.84. The molecule has 3 fully saturated rings. The van der Waals surface area contributed by atoms with E-state index < -0.39 is 0 Å². The molecule has 4 heteroatoms. The minimum atomic E-state index is -0.316. The van der Waals surface area contributed by atoms with Crippen molar-refractivity contribution >= 4 is 5.69 Å². The van der Waals surface area contributed by atoms with Gasteiger partial charge in [-0.2, -0.15) is 0 Å². The lowest BCUT2D eigenvalue weighted by Crippen LogP contribution is -2.64. The van der Waals surface area contributed by atoms with E-state index in [1.54, 1.807) is 0 Å². The average molecular weight is 328 g/mol. The minimum absolute atomic E-state index is 0.126. The normalized spacial score (nSPS) is 46.1. The number of likely N-dealkylation sites (N-methyl/N-ethyl adjacent to an activating group) is 1. The van der Waals surface area contributed by atoms with Crippen LogP contribution in [0.5, 0.6) is 0 Å². The van der Waals surface area contributed by atoms with E-state index in [0.29, 0.717) is 30.0 Å². The molecule has 3 heterocycles. The number of aliphatic hydroxyl groups excluding tert-OH is 2. The van der Waals surface area contributed by atoms with Crippen molar-refractivity contribution in [1.82, 2.24) is 5.32 Å². The van der Waals surface area contributed by atoms with Crippen LogP contribution in [0.1, 0.15) is 31.7 Å². The van der Waals surface area contributed by atoms with Crippen LogP contribution in [-0.2, 0) is 5.41 Å². The summed E-state index contributed by atoms with van der Waals surface area (Å²) in [6.07, 6.45) is 2.78. The van der Waals surface area contributed by atoms with Gasteiger partial charge in [0.15, 0.2) is 0 Å². The summed E-state index contributed by atoms with van der Waals surface area (Å²) < 4.78 is 0. The van der Waals surface area contributed by atoms with Gasteiger partial charge in [-0.05, 0) is 36.3 Å². The second-order valence-electron chi connectivity index (χ2n) is 8.47. The molecule has 0 amide bonds. The van der Waals surface area contributed by atoms with E-state index in [-0.39, 0.29) is 24.0 Å². The molecule has 1 aliphatic carbocycles. The average Bonchev–Trinajstić information content (AvgIpc) is 2.96. The van der Waals surface area contributed by atoms with E-state index in [0.717, 1.165) is 19.3 Å². The molecule has 4 aliphatic rings. The summed E-state index contributed by atoms with van der Waals surface area (Å²) in [6.45, 7) is 2.41. The summed E-state index contributed by atoms with van der Waals surface area (Å²) in [4.78, 5) is 2.41. The molecule has 3 N–H and O–H groups in total. The Morgan fingerprint density at radius 3 is 2.88 bits per heavy atom. The van der Waals surface area contributed by atoms with Crippen molar-refractivity contribution in [3.63, 3.8) is 0 Å². The van der Waals surface area contributed by atoms with Crippen LogP contribution in [0.3, 0.4) is 0 Å². The first-order chi connectivity index (χ1) is 11.6. The van der Waals surface area contributed by atoms with E-state index in [1.807, 2.05) is 0 Å². The van der Waals surface area contributed by atoms with Crippen molar-refractivity contribution in [2.45, 2.75) is 55.8 Å². The first-order valence-electron chi connectivity index (χ1n) is 9.50. The lowest BCUT2D eigenvalue weighted by molar-refractivity contribution is 0.0178. The quantitative estimate of drug-likeness (QED) is 0.787. The molecule has 1 aromatic rings. The number of nitrogens with zero attached hydrogens (tertiary/aromatic N) is 1. The van der Waals surface area contributed by atoms with Gasteiger partial charge in [-0.15, -0.1) is 0 Å². The van der Waals surface area contributed by atoms with Crippen molar-refractivity contribution in [1.29, 1.82) is 0 Å². The highest BCUT2D eigenvalue weighted by molar-refractivity contribution is 5.67. The zero-order valence-electron chi connectivity index (χ0n) is 14.5. The fourth-order valence-electron chi connectivity index (χ4n) is 7.00. The van der Waals surface area contributed by atoms with Gasteiger partial charge in [0.05, 0.1) is 12.1 Å². The Labute approximate surface area is 143 Å². The number of nitrogens with one attached hydrogen (secondary N) is 1. The highest BCUT2D eigenvalue weighted by atomic mass is 16.3. The van der Waals surface area contributed by atoms with Gasteiger partial charge < -0.3 is 20.4 Å². The van der Waals surface area contributed by atoms with Crippen LogP contribution in [0.4, 0.5) is 5.69 Å². The molecule has 0 aromatic heterocycles. The summed E-state index contributed by atoms with van der Waals surface area (Å²) in [7, 11) is 2.19. The fourth-order valence-corrected chi connectivity index (χ4v) is 7.00. The van der Waals surface area contributed by atoms with Crippen LogP contribution >= 0.6 is 0 Å². The van der Waals surface area contributed by atoms with Gasteiger partial charge in [0, 0.05) is 42.8 Å². The first kappa shape index (κ1) is 15.2. The zero-order chi connectivity index (χ0) is 16.6. The number of aliphatic hydroxyl groups is 2. The van der Waals surface area contributed by atoms with Crippen LogP contribution in [0.15, 0.2) is 24.3 Å². The number of hydrogen-bond acceptors (Lipinski definition) is 4. The SMILES string of the molecule is CC[C@@H](CO)C1CC2NC3CC4(c5ccccc5N(C)[C@@H]24)C(O)C31. The van der Waals surface area contributed by atoms with Gasteiger partial charge in [0.1, 0.15) is 0 Å².